The molecule has 0 saturated carbocycles. The molecule has 0 radical (unpaired) electrons. The Bertz CT molecular complexity index is 717. The van der Waals surface area contributed by atoms with E-state index in [4.69, 9.17) is 4.74 Å². The van der Waals surface area contributed by atoms with Gasteiger partial charge in [0.25, 0.3) is 0 Å². The van der Waals surface area contributed by atoms with Crippen LogP contribution in [0.4, 0.5) is 0 Å². The molecule has 1 N–H and O–H groups in total. The Hall–Kier alpha value is -2.05. The van der Waals surface area contributed by atoms with Gasteiger partial charge in [0.15, 0.2) is 0 Å². The zero-order valence-electron chi connectivity index (χ0n) is 15.5. The predicted molar refractivity (Wildman–Crippen MR) is 104 cm³/mol. The number of aromatic nitrogens is 2. The van der Waals surface area contributed by atoms with Gasteiger partial charge >= 0.3 is 0 Å². The van der Waals surface area contributed by atoms with E-state index >= 15 is 0 Å². The van der Waals surface area contributed by atoms with E-state index in [1.165, 1.54) is 0 Å². The van der Waals surface area contributed by atoms with Gasteiger partial charge in [-0.1, -0.05) is 19.1 Å². The molecule has 0 aliphatic carbocycles. The number of amides is 1. The Kier molecular flexibility index (Phi) is 7.06. The first-order chi connectivity index (χ1) is 12.1. The number of piperazine rings is 1. The molecule has 1 amide bonds. The Labute approximate surface area is 161 Å². The monoisotopic (exact) mass is 378 g/mol. The van der Waals surface area contributed by atoms with E-state index in [0.717, 1.165) is 30.2 Å². The van der Waals surface area contributed by atoms with Crippen LogP contribution in [0, 0.1) is 0 Å². The summed E-state index contributed by atoms with van der Waals surface area (Å²) in [6.45, 7) is 4.38. The van der Waals surface area contributed by atoms with E-state index in [0.29, 0.717) is 13.0 Å². The highest BCUT2D eigenvalue weighted by atomic mass is 35.5. The molecule has 2 atom stereocenters. The van der Waals surface area contributed by atoms with Crippen molar-refractivity contribution in [1.29, 1.82) is 0 Å². The average molecular weight is 379 g/mol. The number of methoxy groups -OCH3 is 1. The fourth-order valence-electron chi connectivity index (χ4n) is 3.36. The summed E-state index contributed by atoms with van der Waals surface area (Å²) < 4.78 is 7.19. The molecule has 142 valence electrons. The minimum absolute atomic E-state index is 0. The molecule has 6 nitrogen and oxygen atoms in total. The number of hydrogen-bond acceptors (Lipinski definition) is 4. The topological polar surface area (TPSA) is 59.4 Å². The van der Waals surface area contributed by atoms with Gasteiger partial charge in [0.1, 0.15) is 17.6 Å². The Morgan fingerprint density at radius 1 is 1.38 bits per heavy atom. The minimum atomic E-state index is -0.00989. The summed E-state index contributed by atoms with van der Waals surface area (Å²) in [5, 5.41) is 3.37. The van der Waals surface area contributed by atoms with Crippen LogP contribution in [0.5, 0.6) is 5.75 Å². The Morgan fingerprint density at radius 3 is 2.73 bits per heavy atom. The van der Waals surface area contributed by atoms with Crippen LogP contribution >= 0.6 is 12.4 Å². The van der Waals surface area contributed by atoms with Crippen molar-refractivity contribution in [2.75, 3.05) is 26.7 Å². The molecule has 0 spiro atoms. The molecular formula is C19H27ClN4O2. The number of ether oxygens (including phenoxy) is 1. The van der Waals surface area contributed by atoms with Crippen molar-refractivity contribution >= 4 is 18.3 Å². The highest BCUT2D eigenvalue weighted by molar-refractivity contribution is 5.85. The van der Waals surface area contributed by atoms with Crippen molar-refractivity contribution in [2.24, 2.45) is 7.05 Å². The molecule has 1 fully saturated rings. The van der Waals surface area contributed by atoms with Gasteiger partial charge in [-0.15, -0.1) is 12.4 Å². The van der Waals surface area contributed by atoms with Gasteiger partial charge in [0.2, 0.25) is 5.91 Å². The summed E-state index contributed by atoms with van der Waals surface area (Å²) in [6.07, 6.45) is 4.20. The van der Waals surface area contributed by atoms with E-state index in [1.54, 1.807) is 13.3 Å². The number of nitrogens with zero attached hydrogens (tertiary/aromatic N) is 3. The lowest BCUT2D eigenvalue weighted by atomic mass is 9.96. The third-order valence-electron chi connectivity index (χ3n) is 4.89. The first-order valence-corrected chi connectivity index (χ1v) is 8.71. The highest BCUT2D eigenvalue weighted by Gasteiger charge is 2.31. The minimum Gasteiger partial charge on any atom is -0.497 e. The smallest absolute Gasteiger partial charge is 0.223 e. The first-order valence-electron chi connectivity index (χ1n) is 8.71. The van der Waals surface area contributed by atoms with Crippen LogP contribution < -0.4 is 10.1 Å². The van der Waals surface area contributed by atoms with Gasteiger partial charge < -0.3 is 19.5 Å². The molecule has 1 aliphatic heterocycles. The van der Waals surface area contributed by atoms with Crippen molar-refractivity contribution in [3.8, 4) is 5.75 Å². The van der Waals surface area contributed by atoms with Gasteiger partial charge in [0.05, 0.1) is 7.11 Å². The third kappa shape index (κ3) is 4.37. The summed E-state index contributed by atoms with van der Waals surface area (Å²) in [4.78, 5) is 19.4. The van der Waals surface area contributed by atoms with Gasteiger partial charge in [-0.05, 0) is 23.6 Å². The fourth-order valence-corrected chi connectivity index (χ4v) is 3.36. The van der Waals surface area contributed by atoms with Crippen LogP contribution in [0.15, 0.2) is 36.7 Å². The number of nitrogens with one attached hydrogen (secondary N) is 1. The maximum Gasteiger partial charge on any atom is 0.223 e. The molecule has 3 rings (SSSR count). The standard InChI is InChI=1S/C19H26N4O2.ClH/c1-14(15-4-6-16(25-3)7-5-15)12-18(24)23-11-8-20-13-17(23)19-21-9-10-22(19)2;/h4-7,9-10,14,17,20H,8,11-13H2,1-3H3;1H. The summed E-state index contributed by atoms with van der Waals surface area (Å²) in [5.74, 6) is 2.10. The number of carbonyl (C=O) groups is 1. The van der Waals surface area contributed by atoms with E-state index in [9.17, 15) is 4.79 Å². The lowest BCUT2D eigenvalue weighted by Gasteiger charge is -2.36. The van der Waals surface area contributed by atoms with Crippen LogP contribution in [-0.2, 0) is 11.8 Å². The number of rotatable bonds is 5. The van der Waals surface area contributed by atoms with Crippen molar-refractivity contribution in [2.45, 2.75) is 25.3 Å². The lowest BCUT2D eigenvalue weighted by molar-refractivity contribution is -0.135. The molecule has 2 aromatic rings. The van der Waals surface area contributed by atoms with Crippen LogP contribution in [0.3, 0.4) is 0 Å². The molecule has 1 aromatic heterocycles. The van der Waals surface area contributed by atoms with Crippen LogP contribution in [0.1, 0.15) is 36.7 Å². The van der Waals surface area contributed by atoms with Crippen LogP contribution in [-0.4, -0.2) is 47.1 Å². The Balaban J connectivity index is 0.00000243. The molecule has 1 aliphatic rings. The van der Waals surface area contributed by atoms with Crippen molar-refractivity contribution in [3.05, 3.63) is 48.0 Å². The van der Waals surface area contributed by atoms with E-state index in [-0.39, 0.29) is 30.3 Å². The van der Waals surface area contributed by atoms with Gasteiger partial charge in [-0.3, -0.25) is 4.79 Å². The van der Waals surface area contributed by atoms with E-state index < -0.39 is 0 Å². The number of aryl methyl sites for hydroxylation is 1. The fraction of sp³-hybridized carbons (Fsp3) is 0.474. The second-order valence-corrected chi connectivity index (χ2v) is 6.58. The van der Waals surface area contributed by atoms with Gasteiger partial charge in [-0.2, -0.15) is 0 Å². The van der Waals surface area contributed by atoms with Crippen LogP contribution in [0.25, 0.3) is 0 Å². The molecule has 0 bridgehead atoms. The number of imidazole rings is 1. The largest absolute Gasteiger partial charge is 0.497 e. The maximum atomic E-state index is 13.0. The number of benzene rings is 1. The highest BCUT2D eigenvalue weighted by Crippen LogP contribution is 2.26. The van der Waals surface area contributed by atoms with E-state index in [2.05, 4.69) is 17.2 Å². The summed E-state index contributed by atoms with van der Waals surface area (Å²) in [5.41, 5.74) is 1.15. The molecule has 1 aromatic carbocycles. The lowest BCUT2D eigenvalue weighted by Crippen LogP contribution is -2.49. The summed E-state index contributed by atoms with van der Waals surface area (Å²) in [7, 11) is 3.63. The van der Waals surface area contributed by atoms with Crippen molar-refractivity contribution < 1.29 is 9.53 Å². The zero-order valence-corrected chi connectivity index (χ0v) is 16.3. The average Bonchev–Trinajstić information content (AvgIpc) is 3.07. The second-order valence-electron chi connectivity index (χ2n) is 6.58. The van der Waals surface area contributed by atoms with Gasteiger partial charge in [0, 0.05) is 45.5 Å². The summed E-state index contributed by atoms with van der Waals surface area (Å²) >= 11 is 0. The molecule has 2 heterocycles. The number of hydrogen-bond donors (Lipinski definition) is 1. The number of halogens is 1. The van der Waals surface area contributed by atoms with Crippen LogP contribution in [0.2, 0.25) is 0 Å². The zero-order chi connectivity index (χ0) is 17.8. The van der Waals surface area contributed by atoms with E-state index in [1.807, 2.05) is 47.0 Å². The molecule has 7 heteroatoms. The second kappa shape index (κ2) is 9.05. The maximum absolute atomic E-state index is 13.0. The van der Waals surface area contributed by atoms with Crippen molar-refractivity contribution in [1.82, 2.24) is 19.8 Å². The Morgan fingerprint density at radius 2 is 2.12 bits per heavy atom. The predicted octanol–water partition coefficient (Wildman–Crippen LogP) is 2.52. The first kappa shape index (κ1) is 20.3. The molecule has 2 unspecified atom stereocenters. The third-order valence-corrected chi connectivity index (χ3v) is 4.89. The van der Waals surface area contributed by atoms with Gasteiger partial charge in [-0.25, -0.2) is 4.98 Å². The normalized spacial score (nSPS) is 18.1. The number of carbonyl (C=O) groups excluding carboxylic acids is 1. The molecule has 1 saturated heterocycles. The molecule has 26 heavy (non-hydrogen) atoms. The molecular weight excluding hydrogens is 352 g/mol. The SMILES string of the molecule is COc1ccc(C(C)CC(=O)N2CCNCC2c2nccn2C)cc1.Cl. The quantitative estimate of drug-likeness (QED) is 0.868. The summed E-state index contributed by atoms with van der Waals surface area (Å²) in [6, 6.07) is 7.94. The van der Waals surface area contributed by atoms with Crippen molar-refractivity contribution in [3.63, 3.8) is 0 Å².